The zero-order chi connectivity index (χ0) is 8.04. The smallest absolute Gasteiger partial charge is 0.0612 e. The van der Waals surface area contributed by atoms with Crippen LogP contribution in [0.3, 0.4) is 0 Å². The van der Waals surface area contributed by atoms with Crippen molar-refractivity contribution >= 4 is 0 Å². The van der Waals surface area contributed by atoms with E-state index in [0.717, 1.165) is 12.8 Å². The second kappa shape index (κ2) is 4.47. The fourth-order valence-electron chi connectivity index (χ4n) is 0.629. The van der Waals surface area contributed by atoms with Crippen molar-refractivity contribution in [3.63, 3.8) is 0 Å². The maximum Gasteiger partial charge on any atom is 0.0612 e. The first-order valence-corrected chi connectivity index (χ1v) is 3.54. The van der Waals surface area contributed by atoms with Crippen molar-refractivity contribution in [2.24, 2.45) is 0 Å². The van der Waals surface area contributed by atoms with E-state index in [9.17, 15) is 5.11 Å². The summed E-state index contributed by atoms with van der Waals surface area (Å²) < 4.78 is 0. The van der Waals surface area contributed by atoms with Crippen molar-refractivity contribution in [3.8, 4) is 0 Å². The Labute approximate surface area is 62.2 Å². The predicted molar refractivity (Wildman–Crippen MR) is 41.8 cm³/mol. The average molecular weight is 144 g/mol. The number of rotatable bonds is 4. The second-order valence-corrected chi connectivity index (χ2v) is 3.01. The molecule has 0 bridgehead atoms. The van der Waals surface area contributed by atoms with Crippen LogP contribution in [0.4, 0.5) is 0 Å². The zero-order valence-corrected chi connectivity index (χ0v) is 6.67. The molecule has 0 atom stereocenters. The highest BCUT2D eigenvalue weighted by molar-refractivity contribution is 4.82. The quantitative estimate of drug-likeness (QED) is 0.580. The summed E-state index contributed by atoms with van der Waals surface area (Å²) in [6, 6.07) is 0. The maximum atomic E-state index is 9.22. The summed E-state index contributed by atoms with van der Waals surface area (Å²) in [7, 11) is 0. The Bertz CT molecular complexity index is 100. The highest BCUT2D eigenvalue weighted by Crippen LogP contribution is 2.09. The molecule has 0 aliphatic heterocycles. The molecule has 0 rings (SSSR count). The predicted octanol–water partition coefficient (Wildman–Crippen LogP) is 1.09. The van der Waals surface area contributed by atoms with Crippen molar-refractivity contribution in [2.45, 2.75) is 32.3 Å². The van der Waals surface area contributed by atoms with Crippen LogP contribution >= 0.6 is 0 Å². The van der Waals surface area contributed by atoms with E-state index in [4.69, 9.17) is 5.11 Å². The molecule has 0 aromatic carbocycles. The van der Waals surface area contributed by atoms with E-state index in [1.807, 2.05) is 6.08 Å². The minimum Gasteiger partial charge on any atom is -0.392 e. The fourth-order valence-corrected chi connectivity index (χ4v) is 0.629. The maximum absolute atomic E-state index is 9.22. The highest BCUT2D eigenvalue weighted by Gasteiger charge is 2.09. The van der Waals surface area contributed by atoms with Crippen LogP contribution in [0.2, 0.25) is 0 Å². The van der Waals surface area contributed by atoms with Gasteiger partial charge in [-0.25, -0.2) is 0 Å². The Morgan fingerprint density at radius 1 is 1.30 bits per heavy atom. The lowest BCUT2D eigenvalue weighted by Crippen LogP contribution is -2.17. The molecule has 0 heterocycles. The van der Waals surface area contributed by atoms with E-state index in [-0.39, 0.29) is 6.61 Å². The first kappa shape index (κ1) is 9.66. The molecule has 0 spiro atoms. The number of hydrogen-bond donors (Lipinski definition) is 2. The van der Waals surface area contributed by atoms with E-state index in [0.29, 0.717) is 0 Å². The molecule has 0 aromatic rings. The summed E-state index contributed by atoms with van der Waals surface area (Å²) >= 11 is 0. The normalized spacial score (nSPS) is 12.8. The molecule has 2 nitrogen and oxygen atoms in total. The molecular weight excluding hydrogens is 128 g/mol. The van der Waals surface area contributed by atoms with E-state index < -0.39 is 5.60 Å². The summed E-state index contributed by atoms with van der Waals surface area (Å²) in [5.74, 6) is 0. The molecule has 0 radical (unpaired) electrons. The minimum atomic E-state index is -0.584. The molecule has 0 amide bonds. The van der Waals surface area contributed by atoms with Gasteiger partial charge in [-0.3, -0.25) is 0 Å². The van der Waals surface area contributed by atoms with E-state index >= 15 is 0 Å². The van der Waals surface area contributed by atoms with Gasteiger partial charge in [-0.2, -0.15) is 0 Å². The van der Waals surface area contributed by atoms with Gasteiger partial charge >= 0.3 is 0 Å². The van der Waals surface area contributed by atoms with Crippen molar-refractivity contribution in [2.75, 3.05) is 6.61 Å². The summed E-state index contributed by atoms with van der Waals surface area (Å²) in [4.78, 5) is 0. The summed E-state index contributed by atoms with van der Waals surface area (Å²) in [6.07, 6.45) is 5.12. The molecule has 0 saturated carbocycles. The zero-order valence-electron chi connectivity index (χ0n) is 6.67. The lowest BCUT2D eigenvalue weighted by atomic mass is 10.0. The average Bonchev–Trinajstić information content (AvgIpc) is 1.78. The van der Waals surface area contributed by atoms with Crippen LogP contribution in [0.15, 0.2) is 12.2 Å². The van der Waals surface area contributed by atoms with Crippen LogP contribution in [0.25, 0.3) is 0 Å². The van der Waals surface area contributed by atoms with Crippen molar-refractivity contribution < 1.29 is 10.2 Å². The Kier molecular flexibility index (Phi) is 4.32. The molecule has 60 valence electrons. The van der Waals surface area contributed by atoms with Crippen LogP contribution in [-0.4, -0.2) is 22.4 Å². The standard InChI is InChI=1S/C8H16O2/c1-8(2,10)6-4-3-5-7-9/h3,5,9-10H,4,6-7H2,1-2H3. The Morgan fingerprint density at radius 3 is 2.30 bits per heavy atom. The third-order valence-corrected chi connectivity index (χ3v) is 1.19. The SMILES string of the molecule is CC(C)(O)CCC=CCO. The van der Waals surface area contributed by atoms with Crippen molar-refractivity contribution in [1.82, 2.24) is 0 Å². The number of aliphatic hydroxyl groups excluding tert-OH is 1. The molecule has 0 saturated heterocycles. The van der Waals surface area contributed by atoms with Crippen LogP contribution < -0.4 is 0 Å². The molecule has 0 aliphatic rings. The Hall–Kier alpha value is -0.340. The molecule has 0 fully saturated rings. The topological polar surface area (TPSA) is 40.5 Å². The van der Waals surface area contributed by atoms with Gasteiger partial charge in [-0.15, -0.1) is 0 Å². The van der Waals surface area contributed by atoms with E-state index in [2.05, 4.69) is 0 Å². The van der Waals surface area contributed by atoms with Crippen LogP contribution in [0.5, 0.6) is 0 Å². The second-order valence-electron chi connectivity index (χ2n) is 3.01. The van der Waals surface area contributed by atoms with Gasteiger partial charge in [0.25, 0.3) is 0 Å². The van der Waals surface area contributed by atoms with Gasteiger partial charge < -0.3 is 10.2 Å². The van der Waals surface area contributed by atoms with Gasteiger partial charge in [0.1, 0.15) is 0 Å². The van der Waals surface area contributed by atoms with E-state index in [1.165, 1.54) is 0 Å². The molecule has 0 aliphatic carbocycles. The van der Waals surface area contributed by atoms with Gasteiger partial charge in [0, 0.05) is 0 Å². The Balaban J connectivity index is 3.28. The number of aliphatic hydroxyl groups is 2. The fraction of sp³-hybridized carbons (Fsp3) is 0.750. The molecule has 2 heteroatoms. The highest BCUT2D eigenvalue weighted by atomic mass is 16.3. The molecule has 2 N–H and O–H groups in total. The van der Waals surface area contributed by atoms with E-state index in [1.54, 1.807) is 19.9 Å². The molecule has 0 unspecified atom stereocenters. The first-order valence-electron chi connectivity index (χ1n) is 3.54. The monoisotopic (exact) mass is 144 g/mol. The van der Waals surface area contributed by atoms with Crippen LogP contribution in [-0.2, 0) is 0 Å². The third kappa shape index (κ3) is 7.66. The van der Waals surface area contributed by atoms with Crippen LogP contribution in [0.1, 0.15) is 26.7 Å². The van der Waals surface area contributed by atoms with Gasteiger partial charge in [0.2, 0.25) is 0 Å². The summed E-state index contributed by atoms with van der Waals surface area (Å²) in [5.41, 5.74) is -0.584. The van der Waals surface area contributed by atoms with Crippen LogP contribution in [0, 0.1) is 0 Å². The van der Waals surface area contributed by atoms with Crippen molar-refractivity contribution in [1.29, 1.82) is 0 Å². The van der Waals surface area contributed by atoms with Gasteiger partial charge in [0.05, 0.1) is 12.2 Å². The van der Waals surface area contributed by atoms with Gasteiger partial charge in [-0.1, -0.05) is 12.2 Å². The number of allylic oxidation sites excluding steroid dienone is 1. The largest absolute Gasteiger partial charge is 0.392 e. The molecule has 10 heavy (non-hydrogen) atoms. The lowest BCUT2D eigenvalue weighted by molar-refractivity contribution is 0.0721. The third-order valence-electron chi connectivity index (χ3n) is 1.19. The lowest BCUT2D eigenvalue weighted by Gasteiger charge is -2.14. The summed E-state index contributed by atoms with van der Waals surface area (Å²) in [5, 5.41) is 17.6. The minimum absolute atomic E-state index is 0.0891. The first-order chi connectivity index (χ1) is 4.56. The number of hydrogen-bond acceptors (Lipinski definition) is 2. The van der Waals surface area contributed by atoms with Crippen molar-refractivity contribution in [3.05, 3.63) is 12.2 Å². The van der Waals surface area contributed by atoms with Gasteiger partial charge in [0.15, 0.2) is 0 Å². The molecular formula is C8H16O2. The van der Waals surface area contributed by atoms with Gasteiger partial charge in [-0.05, 0) is 26.7 Å². The molecule has 0 aromatic heterocycles. The Morgan fingerprint density at radius 2 is 1.90 bits per heavy atom. The summed E-state index contributed by atoms with van der Waals surface area (Å²) in [6.45, 7) is 3.64.